The van der Waals surface area contributed by atoms with Crippen LogP contribution in [-0.2, 0) is 0 Å². The van der Waals surface area contributed by atoms with Crippen molar-refractivity contribution in [1.29, 1.82) is 0 Å². The number of fused-ring (bicyclic) bond motifs is 1. The summed E-state index contributed by atoms with van der Waals surface area (Å²) in [5.74, 6) is -0.373. The Hall–Kier alpha value is -2.22. The third kappa shape index (κ3) is 4.02. The lowest BCUT2D eigenvalue weighted by Crippen LogP contribution is -2.47. The minimum Gasteiger partial charge on any atom is -0.362 e. The summed E-state index contributed by atoms with van der Waals surface area (Å²) >= 11 is 6.48. The molecule has 1 aromatic heterocycles. The summed E-state index contributed by atoms with van der Waals surface area (Å²) < 4.78 is 42.7. The van der Waals surface area contributed by atoms with E-state index in [0.717, 1.165) is 35.1 Å². The highest BCUT2D eigenvalue weighted by Gasteiger charge is 2.48. The molecule has 31 heavy (non-hydrogen) atoms. The molecule has 168 valence electrons. The van der Waals surface area contributed by atoms with E-state index < -0.39 is 24.2 Å². The van der Waals surface area contributed by atoms with Gasteiger partial charge < -0.3 is 10.2 Å². The summed E-state index contributed by atoms with van der Waals surface area (Å²) in [6, 6.07) is 4.85. The van der Waals surface area contributed by atoms with Crippen LogP contribution in [0.15, 0.2) is 24.3 Å². The van der Waals surface area contributed by atoms with Crippen LogP contribution < -0.4 is 5.32 Å². The number of nitrogens with zero attached hydrogens (tertiary/aromatic N) is 3. The molecule has 2 aliphatic rings. The van der Waals surface area contributed by atoms with Crippen molar-refractivity contribution < 1.29 is 18.0 Å². The van der Waals surface area contributed by atoms with Crippen molar-refractivity contribution in [3.63, 3.8) is 0 Å². The number of aromatic nitrogens is 2. The number of benzene rings is 1. The monoisotopic (exact) mass is 454 g/mol. The van der Waals surface area contributed by atoms with Crippen molar-refractivity contribution in [1.82, 2.24) is 14.7 Å². The summed E-state index contributed by atoms with van der Waals surface area (Å²) in [7, 11) is 0. The molecule has 0 saturated carbocycles. The van der Waals surface area contributed by atoms with Crippen molar-refractivity contribution in [2.45, 2.75) is 76.8 Å². The van der Waals surface area contributed by atoms with Crippen LogP contribution in [0.1, 0.15) is 73.2 Å². The van der Waals surface area contributed by atoms with Crippen LogP contribution in [0.2, 0.25) is 5.02 Å². The van der Waals surface area contributed by atoms with E-state index in [9.17, 15) is 18.0 Å². The zero-order chi connectivity index (χ0) is 22.5. The molecule has 1 aromatic carbocycles. The van der Waals surface area contributed by atoms with Crippen LogP contribution in [0.4, 0.5) is 19.0 Å². The highest BCUT2D eigenvalue weighted by Crippen LogP contribution is 2.46. The Balaban J connectivity index is 1.74. The average molecular weight is 455 g/mol. The number of halogens is 4. The Morgan fingerprint density at radius 1 is 1.16 bits per heavy atom. The van der Waals surface area contributed by atoms with E-state index >= 15 is 0 Å². The molecule has 0 bridgehead atoms. The molecule has 0 unspecified atom stereocenters. The van der Waals surface area contributed by atoms with Gasteiger partial charge in [0, 0.05) is 18.5 Å². The molecule has 4 rings (SSSR count). The fraction of sp³-hybridized carbons (Fsp3) is 0.545. The zero-order valence-corrected chi connectivity index (χ0v) is 18.5. The molecule has 2 aromatic rings. The molecule has 1 fully saturated rings. The third-order valence-corrected chi connectivity index (χ3v) is 6.76. The van der Waals surface area contributed by atoms with Gasteiger partial charge >= 0.3 is 6.18 Å². The summed E-state index contributed by atoms with van der Waals surface area (Å²) in [6.07, 6.45) is -2.06. The predicted molar refractivity (Wildman–Crippen MR) is 113 cm³/mol. The first-order valence-electron chi connectivity index (χ1n) is 10.6. The second kappa shape index (κ2) is 8.04. The summed E-state index contributed by atoms with van der Waals surface area (Å²) in [5.41, 5.74) is 1.63. The molecule has 3 heterocycles. The molecule has 0 aliphatic carbocycles. The maximum Gasteiger partial charge on any atom is 0.410 e. The van der Waals surface area contributed by atoms with Crippen molar-refractivity contribution in [3.8, 4) is 0 Å². The number of piperidine rings is 1. The number of nitrogens with one attached hydrogen (secondary N) is 1. The minimum absolute atomic E-state index is 0.0160. The van der Waals surface area contributed by atoms with Gasteiger partial charge in [-0.05, 0) is 45.6 Å². The number of alkyl halides is 3. The highest BCUT2D eigenvalue weighted by molar-refractivity contribution is 6.36. The Morgan fingerprint density at radius 3 is 2.35 bits per heavy atom. The van der Waals surface area contributed by atoms with E-state index in [1.807, 2.05) is 45.0 Å². The van der Waals surface area contributed by atoms with Crippen LogP contribution in [-0.4, -0.2) is 38.8 Å². The summed E-state index contributed by atoms with van der Waals surface area (Å²) in [6.45, 7) is 5.81. The smallest absolute Gasteiger partial charge is 0.362 e. The Bertz CT molecular complexity index is 962. The zero-order valence-electron chi connectivity index (χ0n) is 17.7. The van der Waals surface area contributed by atoms with Gasteiger partial charge in [0.25, 0.3) is 5.91 Å². The van der Waals surface area contributed by atoms with Gasteiger partial charge in [0.05, 0.1) is 6.04 Å². The molecule has 1 amide bonds. The highest BCUT2D eigenvalue weighted by atomic mass is 35.5. The second-order valence-corrected chi connectivity index (χ2v) is 9.08. The number of amides is 1. The van der Waals surface area contributed by atoms with Gasteiger partial charge in [-0.3, -0.25) is 4.79 Å². The molecule has 5 nitrogen and oxygen atoms in total. The predicted octanol–water partition coefficient (Wildman–Crippen LogP) is 5.91. The summed E-state index contributed by atoms with van der Waals surface area (Å²) in [5, 5.41) is 7.14. The maximum atomic E-state index is 14.0. The van der Waals surface area contributed by atoms with Crippen LogP contribution in [0.3, 0.4) is 0 Å². The molecule has 1 saturated heterocycles. The van der Waals surface area contributed by atoms with Gasteiger partial charge in [0.1, 0.15) is 10.8 Å². The van der Waals surface area contributed by atoms with Gasteiger partial charge in [-0.1, -0.05) is 41.4 Å². The Labute approximate surface area is 184 Å². The van der Waals surface area contributed by atoms with E-state index in [-0.39, 0.29) is 35.0 Å². The van der Waals surface area contributed by atoms with Gasteiger partial charge in [-0.2, -0.15) is 18.3 Å². The van der Waals surface area contributed by atoms with Gasteiger partial charge in [-0.15, -0.1) is 0 Å². The van der Waals surface area contributed by atoms with Gasteiger partial charge in [-0.25, -0.2) is 4.68 Å². The minimum atomic E-state index is -4.53. The van der Waals surface area contributed by atoms with Crippen molar-refractivity contribution in [3.05, 3.63) is 46.1 Å². The fourth-order valence-corrected chi connectivity index (χ4v) is 4.95. The van der Waals surface area contributed by atoms with E-state index in [1.165, 1.54) is 0 Å². The van der Waals surface area contributed by atoms with Crippen LogP contribution >= 0.6 is 11.6 Å². The van der Waals surface area contributed by atoms with E-state index in [4.69, 9.17) is 11.6 Å². The normalized spacial score (nSPS) is 26.4. The van der Waals surface area contributed by atoms with Crippen LogP contribution in [0, 0.1) is 6.92 Å². The Morgan fingerprint density at radius 2 is 1.77 bits per heavy atom. The first-order chi connectivity index (χ1) is 14.6. The maximum absolute atomic E-state index is 14.0. The van der Waals surface area contributed by atoms with Gasteiger partial charge in [0.15, 0.2) is 11.7 Å². The number of hydrogen-bond donors (Lipinski definition) is 1. The SMILES string of the molecule is Cc1ccc([C@@H]2C[C@@H](C(F)(F)F)n3nc(C(=O)N4[C@H](C)CCC[C@@H]4C)c(Cl)c3N2)cc1. The van der Waals surface area contributed by atoms with Crippen molar-refractivity contribution in [2.24, 2.45) is 0 Å². The molecule has 1 N–H and O–H groups in total. The molecule has 9 heteroatoms. The van der Waals surface area contributed by atoms with Crippen molar-refractivity contribution in [2.75, 3.05) is 5.32 Å². The third-order valence-electron chi connectivity index (χ3n) is 6.41. The number of carbonyl (C=O) groups is 1. The van der Waals surface area contributed by atoms with Gasteiger partial charge in [0.2, 0.25) is 0 Å². The largest absolute Gasteiger partial charge is 0.410 e. The van der Waals surface area contributed by atoms with E-state index in [1.54, 1.807) is 4.90 Å². The number of hydrogen-bond acceptors (Lipinski definition) is 3. The standard InChI is InChI=1S/C22H26ClF3N4O/c1-12-7-9-15(10-8-12)16-11-17(22(24,25)26)30-20(27-16)18(23)19(28-30)21(31)29-13(2)5-4-6-14(29)3/h7-10,13-14,16-17,27H,4-6,11H2,1-3H3/t13-,14+,16-,17-/m0/s1. The summed E-state index contributed by atoms with van der Waals surface area (Å²) in [4.78, 5) is 15.0. The van der Waals surface area contributed by atoms with E-state index in [0.29, 0.717) is 0 Å². The van der Waals surface area contributed by atoms with Crippen LogP contribution in [0.25, 0.3) is 0 Å². The first kappa shape index (κ1) is 22.0. The molecule has 0 spiro atoms. The molecule has 2 aliphatic heterocycles. The molecular formula is C22H26ClF3N4O. The number of anilines is 1. The number of carbonyl (C=O) groups excluding carboxylic acids is 1. The lowest BCUT2D eigenvalue weighted by molar-refractivity contribution is -0.173. The number of likely N-dealkylation sites (tertiary alicyclic amines) is 1. The molecular weight excluding hydrogens is 429 g/mol. The number of aryl methyl sites for hydroxylation is 1. The Kier molecular flexibility index (Phi) is 5.70. The fourth-order valence-electron chi connectivity index (χ4n) is 4.69. The quantitative estimate of drug-likeness (QED) is 0.613. The average Bonchev–Trinajstić information content (AvgIpc) is 3.03. The lowest BCUT2D eigenvalue weighted by Gasteiger charge is -2.38. The van der Waals surface area contributed by atoms with Crippen molar-refractivity contribution >= 4 is 23.3 Å². The topological polar surface area (TPSA) is 50.2 Å². The second-order valence-electron chi connectivity index (χ2n) is 8.70. The van der Waals surface area contributed by atoms with Crippen LogP contribution in [0.5, 0.6) is 0 Å². The first-order valence-corrected chi connectivity index (χ1v) is 11.0. The van der Waals surface area contributed by atoms with E-state index in [2.05, 4.69) is 10.4 Å². The molecule has 0 radical (unpaired) electrons. The number of rotatable bonds is 2. The lowest BCUT2D eigenvalue weighted by atomic mass is 9.96. The molecule has 4 atom stereocenters.